The molecule has 2 nitrogen and oxygen atoms in total. The van der Waals surface area contributed by atoms with E-state index in [9.17, 15) is 0 Å². The highest BCUT2D eigenvalue weighted by atomic mass is 79.9. The average Bonchev–Trinajstić information content (AvgIpc) is 2.98. The molecule has 1 aromatic heterocycles. The summed E-state index contributed by atoms with van der Waals surface area (Å²) < 4.78 is 1.13. The summed E-state index contributed by atoms with van der Waals surface area (Å²) in [6.07, 6.45) is 0. The van der Waals surface area contributed by atoms with Crippen LogP contribution in [0.5, 0.6) is 0 Å². The van der Waals surface area contributed by atoms with Crippen LogP contribution in [0.2, 0.25) is 0 Å². The number of hydrogen-bond acceptors (Lipinski definition) is 3. The molecule has 0 saturated heterocycles. The highest BCUT2D eigenvalue weighted by Gasteiger charge is 2.04. The smallest absolute Gasteiger partial charge is 0.112 e. The highest BCUT2D eigenvalue weighted by Crippen LogP contribution is 2.23. The minimum absolute atomic E-state index is 0.749. The Hall–Kier alpha value is -1.65. The van der Waals surface area contributed by atoms with Crippen molar-refractivity contribution in [3.63, 3.8) is 0 Å². The summed E-state index contributed by atoms with van der Waals surface area (Å²) in [7, 11) is 0. The minimum Gasteiger partial charge on any atom is -0.379 e. The van der Waals surface area contributed by atoms with Crippen molar-refractivity contribution in [3.05, 3.63) is 69.0 Å². The number of rotatable bonds is 4. The Labute approximate surface area is 137 Å². The monoisotopic (exact) mass is 358 g/mol. The van der Waals surface area contributed by atoms with Crippen LogP contribution in [0.25, 0.3) is 11.3 Å². The summed E-state index contributed by atoms with van der Waals surface area (Å²) in [5, 5.41) is 6.62. The lowest BCUT2D eigenvalue weighted by Gasteiger charge is -2.06. The van der Waals surface area contributed by atoms with Gasteiger partial charge in [-0.25, -0.2) is 4.98 Å². The number of aryl methyl sites for hydroxylation is 1. The number of nitrogens with one attached hydrogen (secondary N) is 1. The Morgan fingerprint density at radius 3 is 2.71 bits per heavy atom. The minimum atomic E-state index is 0.749. The standard InChI is InChI=1S/C17H15BrN2S/c1-12-9-14(7-8-15(12)18)19-10-17-20-16(11-21-17)13-5-3-2-4-6-13/h2-9,11,19H,10H2,1H3. The third-order valence-corrected chi connectivity index (χ3v) is 4.96. The molecule has 0 atom stereocenters. The van der Waals surface area contributed by atoms with Crippen LogP contribution in [0.1, 0.15) is 10.6 Å². The van der Waals surface area contributed by atoms with Crippen molar-refractivity contribution in [3.8, 4) is 11.3 Å². The van der Waals surface area contributed by atoms with E-state index in [1.54, 1.807) is 11.3 Å². The van der Waals surface area contributed by atoms with E-state index < -0.39 is 0 Å². The number of thiazole rings is 1. The zero-order valence-corrected chi connectivity index (χ0v) is 14.0. The van der Waals surface area contributed by atoms with Gasteiger partial charge in [-0.1, -0.05) is 46.3 Å². The van der Waals surface area contributed by atoms with E-state index in [0.29, 0.717) is 0 Å². The van der Waals surface area contributed by atoms with E-state index in [0.717, 1.165) is 27.4 Å². The quantitative estimate of drug-likeness (QED) is 0.666. The van der Waals surface area contributed by atoms with Crippen LogP contribution in [-0.4, -0.2) is 4.98 Å². The fourth-order valence-corrected chi connectivity index (χ4v) is 3.06. The van der Waals surface area contributed by atoms with E-state index in [1.807, 2.05) is 18.2 Å². The lowest BCUT2D eigenvalue weighted by atomic mass is 10.2. The predicted octanol–water partition coefficient (Wildman–Crippen LogP) is 5.49. The number of anilines is 1. The van der Waals surface area contributed by atoms with E-state index >= 15 is 0 Å². The molecule has 0 aliphatic heterocycles. The zero-order chi connectivity index (χ0) is 14.7. The second kappa shape index (κ2) is 6.41. The van der Waals surface area contributed by atoms with E-state index in [1.165, 1.54) is 11.1 Å². The largest absolute Gasteiger partial charge is 0.379 e. The normalized spacial score (nSPS) is 10.6. The number of halogens is 1. The van der Waals surface area contributed by atoms with E-state index in [2.05, 4.69) is 68.9 Å². The molecule has 0 fully saturated rings. The zero-order valence-electron chi connectivity index (χ0n) is 11.6. The topological polar surface area (TPSA) is 24.9 Å². The van der Waals surface area contributed by atoms with Crippen molar-refractivity contribution < 1.29 is 0 Å². The molecule has 3 aromatic rings. The first-order valence-corrected chi connectivity index (χ1v) is 8.39. The van der Waals surface area contributed by atoms with Gasteiger partial charge in [0, 0.05) is 21.1 Å². The van der Waals surface area contributed by atoms with Gasteiger partial charge in [0.15, 0.2) is 0 Å². The maximum atomic E-state index is 4.68. The first-order chi connectivity index (χ1) is 10.2. The van der Waals surface area contributed by atoms with Crippen LogP contribution >= 0.6 is 27.3 Å². The van der Waals surface area contributed by atoms with Gasteiger partial charge in [0.25, 0.3) is 0 Å². The SMILES string of the molecule is Cc1cc(NCc2nc(-c3ccccc3)cs2)ccc1Br. The van der Waals surface area contributed by atoms with Crippen LogP contribution in [0.4, 0.5) is 5.69 Å². The van der Waals surface area contributed by atoms with Crippen molar-refractivity contribution in [1.29, 1.82) is 0 Å². The molecule has 106 valence electrons. The third kappa shape index (κ3) is 3.52. The van der Waals surface area contributed by atoms with Crippen LogP contribution in [0.3, 0.4) is 0 Å². The van der Waals surface area contributed by atoms with Gasteiger partial charge in [0.1, 0.15) is 5.01 Å². The summed E-state index contributed by atoms with van der Waals surface area (Å²) in [4.78, 5) is 4.68. The van der Waals surface area contributed by atoms with Crippen molar-refractivity contribution in [2.24, 2.45) is 0 Å². The number of benzene rings is 2. The van der Waals surface area contributed by atoms with Crippen molar-refractivity contribution in [2.75, 3.05) is 5.32 Å². The van der Waals surface area contributed by atoms with Gasteiger partial charge in [-0.15, -0.1) is 11.3 Å². The highest BCUT2D eigenvalue weighted by molar-refractivity contribution is 9.10. The molecule has 0 spiro atoms. The van der Waals surface area contributed by atoms with Crippen LogP contribution in [0, 0.1) is 6.92 Å². The molecule has 0 saturated carbocycles. The van der Waals surface area contributed by atoms with Crippen molar-refractivity contribution in [2.45, 2.75) is 13.5 Å². The molecule has 0 unspecified atom stereocenters. The summed E-state index contributed by atoms with van der Waals surface area (Å²) in [5.41, 5.74) is 4.56. The van der Waals surface area contributed by atoms with Crippen LogP contribution in [0.15, 0.2) is 58.4 Å². The van der Waals surface area contributed by atoms with Crippen LogP contribution < -0.4 is 5.32 Å². The molecule has 0 aliphatic rings. The second-order valence-corrected chi connectivity index (χ2v) is 6.61. The molecular formula is C17H15BrN2S. The lowest BCUT2D eigenvalue weighted by Crippen LogP contribution is -1.99. The van der Waals surface area contributed by atoms with E-state index in [-0.39, 0.29) is 0 Å². The fraction of sp³-hybridized carbons (Fsp3) is 0.118. The molecular weight excluding hydrogens is 344 g/mol. The summed E-state index contributed by atoms with van der Waals surface area (Å²) in [6, 6.07) is 16.5. The molecule has 0 aliphatic carbocycles. The summed E-state index contributed by atoms with van der Waals surface area (Å²) in [5.74, 6) is 0. The number of nitrogens with zero attached hydrogens (tertiary/aromatic N) is 1. The van der Waals surface area contributed by atoms with Gasteiger partial charge < -0.3 is 5.32 Å². The van der Waals surface area contributed by atoms with Gasteiger partial charge in [-0.3, -0.25) is 0 Å². The second-order valence-electron chi connectivity index (χ2n) is 4.81. The van der Waals surface area contributed by atoms with Gasteiger partial charge in [0.2, 0.25) is 0 Å². The van der Waals surface area contributed by atoms with Crippen molar-refractivity contribution >= 4 is 33.0 Å². The Bertz CT molecular complexity index is 738. The predicted molar refractivity (Wildman–Crippen MR) is 93.8 cm³/mol. The first-order valence-electron chi connectivity index (χ1n) is 6.72. The number of aromatic nitrogens is 1. The molecule has 21 heavy (non-hydrogen) atoms. The Morgan fingerprint density at radius 1 is 1.14 bits per heavy atom. The van der Waals surface area contributed by atoms with Gasteiger partial charge in [0.05, 0.1) is 12.2 Å². The fourth-order valence-electron chi connectivity index (χ4n) is 2.07. The van der Waals surface area contributed by atoms with Crippen LogP contribution in [-0.2, 0) is 6.54 Å². The third-order valence-electron chi connectivity index (χ3n) is 3.22. The molecule has 2 aromatic carbocycles. The van der Waals surface area contributed by atoms with E-state index in [4.69, 9.17) is 0 Å². The molecule has 0 radical (unpaired) electrons. The molecule has 1 N–H and O–H groups in total. The Kier molecular flexibility index (Phi) is 4.36. The Balaban J connectivity index is 1.69. The Morgan fingerprint density at radius 2 is 1.95 bits per heavy atom. The average molecular weight is 359 g/mol. The van der Waals surface area contributed by atoms with Gasteiger partial charge in [-0.05, 0) is 30.7 Å². The molecule has 0 amide bonds. The van der Waals surface area contributed by atoms with Gasteiger partial charge in [-0.2, -0.15) is 0 Å². The maximum absolute atomic E-state index is 4.68. The summed E-state index contributed by atoms with van der Waals surface area (Å²) in [6.45, 7) is 2.84. The molecule has 1 heterocycles. The number of hydrogen-bond donors (Lipinski definition) is 1. The lowest BCUT2D eigenvalue weighted by molar-refractivity contribution is 1.10. The van der Waals surface area contributed by atoms with Gasteiger partial charge >= 0.3 is 0 Å². The first kappa shape index (κ1) is 14.3. The molecule has 3 rings (SSSR count). The summed E-state index contributed by atoms with van der Waals surface area (Å²) >= 11 is 5.20. The molecule has 0 bridgehead atoms. The van der Waals surface area contributed by atoms with Crippen molar-refractivity contribution in [1.82, 2.24) is 4.98 Å². The maximum Gasteiger partial charge on any atom is 0.112 e. The molecule has 4 heteroatoms.